The molecule has 0 radical (unpaired) electrons. The second kappa shape index (κ2) is 8.60. The molecule has 0 saturated carbocycles. The Morgan fingerprint density at radius 1 is 1.04 bits per heavy atom. The molecule has 2 aromatic rings. The highest BCUT2D eigenvalue weighted by atomic mass is 16.5. The van der Waals surface area contributed by atoms with Crippen molar-refractivity contribution in [2.45, 2.75) is 12.7 Å². The first-order chi connectivity index (χ1) is 12.7. The highest BCUT2D eigenvalue weighted by Gasteiger charge is 2.30. The molecule has 1 heterocycles. The number of aliphatic hydroxyl groups is 1. The van der Waals surface area contributed by atoms with E-state index in [-0.39, 0.29) is 12.5 Å². The summed E-state index contributed by atoms with van der Waals surface area (Å²) in [5.41, 5.74) is 1.66. The van der Waals surface area contributed by atoms with Gasteiger partial charge in [-0.3, -0.25) is 4.79 Å². The molecule has 6 nitrogen and oxygen atoms in total. The summed E-state index contributed by atoms with van der Waals surface area (Å²) < 4.78 is 10.9. The third-order valence-electron chi connectivity index (χ3n) is 4.25. The van der Waals surface area contributed by atoms with Crippen LogP contribution in [0.3, 0.4) is 0 Å². The van der Waals surface area contributed by atoms with Crippen LogP contribution in [-0.4, -0.2) is 48.2 Å². The molecule has 26 heavy (non-hydrogen) atoms. The predicted molar refractivity (Wildman–Crippen MR) is 94.4 cm³/mol. The Morgan fingerprint density at radius 2 is 1.69 bits per heavy atom. The fourth-order valence-corrected chi connectivity index (χ4v) is 2.76. The molecule has 1 saturated heterocycles. The number of carbonyl (C=O) groups excluding carboxylic acids is 2. The first kappa shape index (κ1) is 18.1. The summed E-state index contributed by atoms with van der Waals surface area (Å²) in [4.78, 5) is 27.1. The second-order valence-corrected chi connectivity index (χ2v) is 5.99. The normalized spacial score (nSPS) is 15.3. The van der Waals surface area contributed by atoms with Crippen molar-refractivity contribution in [2.24, 2.45) is 0 Å². The molecule has 3 rings (SSSR count). The van der Waals surface area contributed by atoms with Crippen LogP contribution in [0.5, 0.6) is 0 Å². The van der Waals surface area contributed by atoms with Crippen molar-refractivity contribution in [3.05, 3.63) is 71.3 Å². The van der Waals surface area contributed by atoms with E-state index in [9.17, 15) is 9.59 Å². The maximum atomic E-state index is 12.9. The zero-order chi connectivity index (χ0) is 18.4. The van der Waals surface area contributed by atoms with Gasteiger partial charge in [0.1, 0.15) is 0 Å². The number of hydrogen-bond acceptors (Lipinski definition) is 5. The van der Waals surface area contributed by atoms with Crippen LogP contribution in [0.15, 0.2) is 54.6 Å². The summed E-state index contributed by atoms with van der Waals surface area (Å²) in [6, 6.07) is 15.4. The van der Waals surface area contributed by atoms with E-state index in [1.54, 1.807) is 53.4 Å². The molecule has 6 heteroatoms. The molecule has 1 aliphatic rings. The van der Waals surface area contributed by atoms with Gasteiger partial charge in [-0.15, -0.1) is 0 Å². The minimum absolute atomic E-state index is 0.0997. The third-order valence-corrected chi connectivity index (χ3v) is 4.25. The number of carbonyl (C=O) groups is 2. The van der Waals surface area contributed by atoms with Gasteiger partial charge < -0.3 is 19.5 Å². The average molecular weight is 355 g/mol. The van der Waals surface area contributed by atoms with Gasteiger partial charge in [0.05, 0.1) is 25.4 Å². The van der Waals surface area contributed by atoms with Crippen molar-refractivity contribution >= 4 is 11.9 Å². The Hall–Kier alpha value is -2.70. The largest absolute Gasteiger partial charge is 0.444 e. The van der Waals surface area contributed by atoms with E-state index in [0.29, 0.717) is 43.0 Å². The van der Waals surface area contributed by atoms with Gasteiger partial charge in [-0.25, -0.2) is 4.79 Å². The Bertz CT molecular complexity index is 739. The highest BCUT2D eigenvalue weighted by Crippen LogP contribution is 2.23. The average Bonchev–Trinajstić information content (AvgIpc) is 2.72. The van der Waals surface area contributed by atoms with Gasteiger partial charge in [0.2, 0.25) is 6.10 Å². The van der Waals surface area contributed by atoms with Crippen molar-refractivity contribution in [3.63, 3.8) is 0 Å². The van der Waals surface area contributed by atoms with Crippen LogP contribution in [0.1, 0.15) is 27.6 Å². The van der Waals surface area contributed by atoms with Gasteiger partial charge in [-0.2, -0.15) is 0 Å². The molecule has 0 bridgehead atoms. The van der Waals surface area contributed by atoms with Crippen LogP contribution in [0.4, 0.5) is 0 Å². The summed E-state index contributed by atoms with van der Waals surface area (Å²) >= 11 is 0. The number of amides is 1. The fourth-order valence-electron chi connectivity index (χ4n) is 2.76. The lowest BCUT2D eigenvalue weighted by Gasteiger charge is -2.30. The lowest BCUT2D eigenvalue weighted by Crippen LogP contribution is -2.44. The Morgan fingerprint density at radius 3 is 2.31 bits per heavy atom. The monoisotopic (exact) mass is 355 g/mol. The Balaban J connectivity index is 1.80. The molecule has 1 aliphatic heterocycles. The standard InChI is InChI=1S/C20H21NO5/c22-14-15-6-8-17(9-7-15)20(24)26-18(16-4-2-1-3-5-16)19(23)21-10-12-25-13-11-21/h1-9,18,22H,10-14H2/t18-/m0/s1. The highest BCUT2D eigenvalue weighted by molar-refractivity contribution is 5.92. The number of nitrogens with zero attached hydrogens (tertiary/aromatic N) is 1. The summed E-state index contributed by atoms with van der Waals surface area (Å²) in [6.45, 7) is 1.81. The van der Waals surface area contributed by atoms with Gasteiger partial charge in [-0.1, -0.05) is 42.5 Å². The molecule has 0 spiro atoms. The quantitative estimate of drug-likeness (QED) is 0.830. The van der Waals surface area contributed by atoms with Gasteiger partial charge >= 0.3 is 5.97 Å². The summed E-state index contributed by atoms with van der Waals surface area (Å²) in [5.74, 6) is -0.829. The molecular weight excluding hydrogens is 334 g/mol. The topological polar surface area (TPSA) is 76.1 Å². The maximum absolute atomic E-state index is 12.9. The summed E-state index contributed by atoms with van der Waals surface area (Å²) in [6.07, 6.45) is -1.00. The zero-order valence-electron chi connectivity index (χ0n) is 14.3. The molecule has 0 aliphatic carbocycles. The predicted octanol–water partition coefficient (Wildman–Crippen LogP) is 1.94. The fraction of sp³-hybridized carbons (Fsp3) is 0.300. The van der Waals surface area contributed by atoms with Crippen molar-refractivity contribution in [3.8, 4) is 0 Å². The number of ether oxygens (including phenoxy) is 2. The molecule has 1 N–H and O–H groups in total. The van der Waals surface area contributed by atoms with E-state index >= 15 is 0 Å². The van der Waals surface area contributed by atoms with Crippen LogP contribution < -0.4 is 0 Å². The van der Waals surface area contributed by atoms with Crippen molar-refractivity contribution in [1.29, 1.82) is 0 Å². The van der Waals surface area contributed by atoms with E-state index in [0.717, 1.165) is 0 Å². The van der Waals surface area contributed by atoms with Crippen molar-refractivity contribution < 1.29 is 24.2 Å². The zero-order valence-corrected chi connectivity index (χ0v) is 14.3. The lowest BCUT2D eigenvalue weighted by molar-refractivity contribution is -0.145. The molecule has 1 amide bonds. The molecule has 1 atom stereocenters. The van der Waals surface area contributed by atoms with Gasteiger partial charge in [0.25, 0.3) is 5.91 Å². The number of hydrogen-bond donors (Lipinski definition) is 1. The summed E-state index contributed by atoms with van der Waals surface area (Å²) in [7, 11) is 0. The van der Waals surface area contributed by atoms with Gasteiger partial charge in [0, 0.05) is 18.7 Å². The van der Waals surface area contributed by atoms with E-state index in [1.807, 2.05) is 6.07 Å². The van der Waals surface area contributed by atoms with Crippen LogP contribution >= 0.6 is 0 Å². The Kier molecular flexibility index (Phi) is 5.99. The van der Waals surface area contributed by atoms with Crippen LogP contribution in [0, 0.1) is 0 Å². The van der Waals surface area contributed by atoms with Crippen LogP contribution in [0.25, 0.3) is 0 Å². The lowest BCUT2D eigenvalue weighted by atomic mass is 10.1. The number of aliphatic hydroxyl groups excluding tert-OH is 1. The number of esters is 1. The van der Waals surface area contributed by atoms with Gasteiger partial charge in [0.15, 0.2) is 0 Å². The SMILES string of the molecule is O=C(O[C@H](C(=O)N1CCOCC1)c1ccccc1)c1ccc(CO)cc1. The van der Waals surface area contributed by atoms with Crippen LogP contribution in [-0.2, 0) is 20.9 Å². The molecular formula is C20H21NO5. The Labute approximate surface area is 152 Å². The molecule has 1 fully saturated rings. The van der Waals surface area contributed by atoms with E-state index < -0.39 is 12.1 Å². The first-order valence-corrected chi connectivity index (χ1v) is 8.51. The number of rotatable bonds is 5. The number of morpholine rings is 1. The van der Waals surface area contributed by atoms with Crippen molar-refractivity contribution in [1.82, 2.24) is 4.90 Å². The molecule has 0 unspecified atom stereocenters. The van der Waals surface area contributed by atoms with E-state index in [4.69, 9.17) is 14.6 Å². The molecule has 0 aromatic heterocycles. The minimum Gasteiger partial charge on any atom is -0.444 e. The van der Waals surface area contributed by atoms with Gasteiger partial charge in [-0.05, 0) is 17.7 Å². The second-order valence-electron chi connectivity index (χ2n) is 5.99. The smallest absolute Gasteiger partial charge is 0.339 e. The van der Waals surface area contributed by atoms with Crippen molar-refractivity contribution in [2.75, 3.05) is 26.3 Å². The summed E-state index contributed by atoms with van der Waals surface area (Å²) in [5, 5.41) is 9.10. The third kappa shape index (κ3) is 4.28. The van der Waals surface area contributed by atoms with E-state index in [2.05, 4.69) is 0 Å². The first-order valence-electron chi connectivity index (χ1n) is 8.51. The van der Waals surface area contributed by atoms with E-state index in [1.165, 1.54) is 0 Å². The van der Waals surface area contributed by atoms with Crippen LogP contribution in [0.2, 0.25) is 0 Å². The number of benzene rings is 2. The minimum atomic E-state index is -1.00. The molecule has 136 valence electrons. The molecule has 2 aromatic carbocycles. The maximum Gasteiger partial charge on any atom is 0.339 e.